The molecule has 0 atom stereocenters. The fourth-order valence-electron chi connectivity index (χ4n) is 5.79. The Morgan fingerprint density at radius 3 is 1.47 bits per heavy atom. The van der Waals surface area contributed by atoms with Crippen molar-refractivity contribution in [2.45, 2.75) is 0 Å². The largest absolute Gasteiger partial charge is 0.456 e. The summed E-state index contributed by atoms with van der Waals surface area (Å²) in [4.78, 5) is 14.2. The lowest BCUT2D eigenvalue weighted by Gasteiger charge is -2.12. The lowest BCUT2D eigenvalue weighted by molar-refractivity contribution is 0.669. The molecule has 45 heavy (non-hydrogen) atoms. The molecular formula is C39H23N5O. The molecule has 0 aliphatic carbocycles. The van der Waals surface area contributed by atoms with Gasteiger partial charge < -0.3 is 4.42 Å². The van der Waals surface area contributed by atoms with Crippen LogP contribution in [0.1, 0.15) is 21.9 Å². The van der Waals surface area contributed by atoms with Crippen LogP contribution in [0.4, 0.5) is 0 Å². The smallest absolute Gasteiger partial charge is 0.240 e. The Kier molecular flexibility index (Phi) is 2.75. The Bertz CT molecular complexity index is 3350. The van der Waals surface area contributed by atoms with Gasteiger partial charge in [0.15, 0.2) is 5.82 Å². The molecule has 0 saturated heterocycles. The van der Waals surface area contributed by atoms with Crippen molar-refractivity contribution >= 4 is 65.6 Å². The van der Waals surface area contributed by atoms with Gasteiger partial charge in [-0.25, -0.2) is 0 Å². The van der Waals surface area contributed by atoms with E-state index in [4.69, 9.17) is 41.3 Å². The summed E-state index contributed by atoms with van der Waals surface area (Å²) in [7, 11) is 0. The van der Waals surface area contributed by atoms with Crippen LogP contribution in [0, 0.1) is 0 Å². The molecule has 6 aromatic carbocycles. The van der Waals surface area contributed by atoms with E-state index in [1.165, 1.54) is 0 Å². The van der Waals surface area contributed by atoms with Crippen molar-refractivity contribution in [2.75, 3.05) is 0 Å². The summed E-state index contributed by atoms with van der Waals surface area (Å²) in [6, 6.07) is 1.78. The van der Waals surface area contributed by atoms with Crippen molar-refractivity contribution in [3.63, 3.8) is 0 Å². The highest BCUT2D eigenvalue weighted by atomic mass is 16.3. The first-order chi connectivity index (χ1) is 29.0. The van der Waals surface area contributed by atoms with E-state index in [0.717, 1.165) is 14.5 Å². The SMILES string of the molecule is [2H]c1c([2H])c([2H])c2c(c1[2H])c1c([2H])c([2H])c([2H])c([2H])c1n2-c1nc(-c2ccc3oc4ccccc4c3c2)nc(-n2c3c([2H])c([2H])c([2H])c([2H])c3c3c([2H])c([2H])c([2H])c([2H])c32)n1. The van der Waals surface area contributed by atoms with Crippen molar-refractivity contribution in [1.82, 2.24) is 24.1 Å². The molecule has 0 amide bonds. The van der Waals surface area contributed by atoms with Crippen molar-refractivity contribution in [3.05, 3.63) is 139 Å². The minimum absolute atomic E-state index is 0.152. The van der Waals surface area contributed by atoms with Crippen LogP contribution in [0.2, 0.25) is 0 Å². The monoisotopic (exact) mass is 593 g/mol. The van der Waals surface area contributed by atoms with Gasteiger partial charge in [-0.15, -0.1) is 0 Å². The van der Waals surface area contributed by atoms with E-state index in [1.807, 2.05) is 12.1 Å². The number of hydrogen-bond acceptors (Lipinski definition) is 4. The summed E-state index contributed by atoms with van der Waals surface area (Å²) in [5, 5.41) is 0.325. The minimum Gasteiger partial charge on any atom is -0.456 e. The van der Waals surface area contributed by atoms with Crippen molar-refractivity contribution in [2.24, 2.45) is 0 Å². The van der Waals surface area contributed by atoms with Crippen LogP contribution in [-0.2, 0) is 0 Å². The van der Waals surface area contributed by atoms with E-state index < -0.39 is 109 Å². The zero-order chi connectivity index (χ0) is 43.4. The molecule has 0 unspecified atom stereocenters. The molecule has 10 aromatic rings. The third-order valence-electron chi connectivity index (χ3n) is 7.71. The van der Waals surface area contributed by atoms with E-state index in [1.54, 1.807) is 30.3 Å². The molecule has 0 saturated carbocycles. The first-order valence-corrected chi connectivity index (χ1v) is 13.7. The van der Waals surface area contributed by atoms with Gasteiger partial charge in [-0.2, -0.15) is 15.0 Å². The maximum absolute atomic E-state index is 9.08. The van der Waals surface area contributed by atoms with Crippen molar-refractivity contribution in [3.8, 4) is 23.3 Å². The lowest BCUT2D eigenvalue weighted by atomic mass is 10.1. The quantitative estimate of drug-likeness (QED) is 0.205. The predicted molar refractivity (Wildman–Crippen MR) is 181 cm³/mol. The van der Waals surface area contributed by atoms with Crippen LogP contribution < -0.4 is 0 Å². The Labute approximate surface area is 278 Å². The van der Waals surface area contributed by atoms with Crippen LogP contribution in [0.3, 0.4) is 0 Å². The second kappa shape index (κ2) is 9.11. The Balaban J connectivity index is 1.45. The molecule has 4 aromatic heterocycles. The highest BCUT2D eigenvalue weighted by molar-refractivity contribution is 6.10. The molecule has 0 aliphatic heterocycles. The van der Waals surface area contributed by atoms with Gasteiger partial charge in [0.2, 0.25) is 11.9 Å². The Morgan fingerprint density at radius 1 is 0.467 bits per heavy atom. The first kappa shape index (κ1) is 13.6. The summed E-state index contributed by atoms with van der Waals surface area (Å²) in [5.41, 5.74) is 0.101. The molecular weight excluding hydrogens is 554 g/mol. The summed E-state index contributed by atoms with van der Waals surface area (Å²) >= 11 is 0. The number of rotatable bonds is 3. The maximum atomic E-state index is 9.08. The molecule has 10 rings (SSSR count). The molecule has 4 heterocycles. The van der Waals surface area contributed by atoms with Crippen molar-refractivity contribution < 1.29 is 26.3 Å². The lowest BCUT2D eigenvalue weighted by Crippen LogP contribution is -2.10. The van der Waals surface area contributed by atoms with Crippen molar-refractivity contribution in [1.29, 1.82) is 0 Å². The van der Waals surface area contributed by atoms with Crippen LogP contribution in [0.5, 0.6) is 0 Å². The molecule has 210 valence electrons. The zero-order valence-corrected chi connectivity index (χ0v) is 22.7. The third kappa shape index (κ3) is 3.48. The Hall–Kier alpha value is -6.27. The van der Waals surface area contributed by atoms with Gasteiger partial charge in [0.1, 0.15) is 11.2 Å². The van der Waals surface area contributed by atoms with Gasteiger partial charge in [-0.1, -0.05) is 90.7 Å². The second-order valence-corrected chi connectivity index (χ2v) is 10.1. The summed E-state index contributed by atoms with van der Waals surface area (Å²) < 4.78 is 148. The number of aromatic nitrogens is 5. The highest BCUT2D eigenvalue weighted by Crippen LogP contribution is 2.35. The number of benzene rings is 6. The van der Waals surface area contributed by atoms with Gasteiger partial charge in [0.05, 0.1) is 44.0 Å². The Morgan fingerprint density at radius 2 is 0.933 bits per heavy atom. The zero-order valence-electron chi connectivity index (χ0n) is 38.7. The average Bonchev–Trinajstić information content (AvgIpc) is 3.94. The first-order valence-electron chi connectivity index (χ1n) is 21.7. The number of fused-ring (bicyclic) bond motifs is 9. The molecule has 0 N–H and O–H groups in total. The summed E-state index contributed by atoms with van der Waals surface area (Å²) in [6.07, 6.45) is 0. The van der Waals surface area contributed by atoms with E-state index in [9.17, 15) is 0 Å². The normalized spacial score (nSPS) is 17.0. The molecule has 0 fully saturated rings. The average molecular weight is 594 g/mol. The molecule has 0 aliphatic rings. The highest BCUT2D eigenvalue weighted by Gasteiger charge is 2.20. The molecule has 0 bridgehead atoms. The molecule has 6 heteroatoms. The van der Waals surface area contributed by atoms with Crippen LogP contribution >= 0.6 is 0 Å². The number of hydrogen-bond donors (Lipinski definition) is 0. The fourth-order valence-corrected chi connectivity index (χ4v) is 5.79. The maximum Gasteiger partial charge on any atom is 0.240 e. The predicted octanol–water partition coefficient (Wildman–Crippen LogP) is 9.63. The number of para-hydroxylation sites is 5. The number of nitrogens with zero attached hydrogens (tertiary/aromatic N) is 5. The van der Waals surface area contributed by atoms with Gasteiger partial charge in [-0.05, 0) is 48.4 Å². The second-order valence-electron chi connectivity index (χ2n) is 10.1. The van der Waals surface area contributed by atoms with Gasteiger partial charge in [-0.3, -0.25) is 9.13 Å². The topological polar surface area (TPSA) is 61.7 Å². The molecule has 6 nitrogen and oxygen atoms in total. The van der Waals surface area contributed by atoms with Gasteiger partial charge in [0.25, 0.3) is 0 Å². The summed E-state index contributed by atoms with van der Waals surface area (Å²) in [6.45, 7) is 0. The third-order valence-corrected chi connectivity index (χ3v) is 7.71. The van der Waals surface area contributed by atoms with Gasteiger partial charge in [0, 0.05) is 37.9 Å². The standard InChI is InChI=1S/C39H23N5O/c1-6-16-31-25(11-1)26-12-2-7-17-32(26)43(31)38-40-37(24-21-22-36-30(23-24)29-15-5-10-20-35(29)45-36)41-39(42-38)44-33-18-8-3-13-27(33)28-14-4-9-19-34(28)44/h1-23H/i1D,2D,3D,4D,6D,7D,8D,9D,11D,12D,13D,14D,16D,17D,18D,19D. The van der Waals surface area contributed by atoms with Gasteiger partial charge >= 0.3 is 0 Å². The molecule has 0 spiro atoms. The number of furan rings is 1. The van der Waals surface area contributed by atoms with E-state index in [0.29, 0.717) is 22.1 Å². The van der Waals surface area contributed by atoms with Crippen LogP contribution in [0.25, 0.3) is 88.8 Å². The summed E-state index contributed by atoms with van der Waals surface area (Å²) in [5.74, 6) is -1.09. The van der Waals surface area contributed by atoms with E-state index in [2.05, 4.69) is 0 Å². The minimum atomic E-state index is -0.696. The molecule has 0 radical (unpaired) electrons. The van der Waals surface area contributed by atoms with Crippen LogP contribution in [-0.4, -0.2) is 24.1 Å². The van der Waals surface area contributed by atoms with E-state index in [-0.39, 0.29) is 49.4 Å². The van der Waals surface area contributed by atoms with Crippen LogP contribution in [0.15, 0.2) is 144 Å². The van der Waals surface area contributed by atoms with E-state index >= 15 is 0 Å². The fraction of sp³-hybridized carbons (Fsp3) is 0.